The third kappa shape index (κ3) is 4.95. The van der Waals surface area contributed by atoms with Crippen molar-refractivity contribution in [2.24, 2.45) is 0 Å². The van der Waals surface area contributed by atoms with Crippen LogP contribution in [0.5, 0.6) is 0 Å². The van der Waals surface area contributed by atoms with Gasteiger partial charge in [-0.1, -0.05) is 91.0 Å². The van der Waals surface area contributed by atoms with Crippen molar-refractivity contribution >= 4 is 17.6 Å². The van der Waals surface area contributed by atoms with Crippen LogP contribution in [0.4, 0.5) is 0 Å². The van der Waals surface area contributed by atoms with E-state index in [1.165, 1.54) is 0 Å². The van der Waals surface area contributed by atoms with E-state index >= 15 is 0 Å². The first-order valence-electron chi connectivity index (χ1n) is 9.97. The highest BCUT2D eigenvalue weighted by Crippen LogP contribution is 2.23. The number of furan rings is 1. The fraction of sp³-hybridized carbons (Fsp3) is 0.0741. The van der Waals surface area contributed by atoms with Crippen molar-refractivity contribution in [3.63, 3.8) is 0 Å². The number of carbonyl (C=O) groups is 1. The Morgan fingerprint density at radius 3 is 1.73 bits per heavy atom. The normalized spacial score (nSPS) is 11.3. The Labute approximate surface area is 176 Å². The first-order chi connectivity index (χ1) is 14.8. The van der Waals surface area contributed by atoms with Gasteiger partial charge in [0.25, 0.3) is 5.91 Å². The van der Waals surface area contributed by atoms with Crippen molar-refractivity contribution in [1.29, 1.82) is 0 Å². The number of benzene rings is 3. The second-order valence-corrected chi connectivity index (χ2v) is 7.07. The quantitative estimate of drug-likeness (QED) is 0.358. The van der Waals surface area contributed by atoms with Gasteiger partial charge >= 0.3 is 0 Å². The Bertz CT molecular complexity index is 1040. The molecule has 1 heterocycles. The SMILES string of the molecule is O=C(C(=Cc1ccco1)c1ccccc1)N(Cc1ccccc1)Cc1ccccc1. The molecule has 1 aromatic heterocycles. The van der Waals surface area contributed by atoms with Gasteiger partial charge in [-0.05, 0) is 34.9 Å². The van der Waals surface area contributed by atoms with E-state index in [1.807, 2.05) is 114 Å². The zero-order chi connectivity index (χ0) is 20.6. The molecule has 3 heteroatoms. The third-order valence-corrected chi connectivity index (χ3v) is 4.86. The molecule has 0 aliphatic rings. The second kappa shape index (κ2) is 9.57. The molecule has 0 bridgehead atoms. The molecular formula is C27H23NO2. The third-order valence-electron chi connectivity index (χ3n) is 4.86. The van der Waals surface area contributed by atoms with Crippen molar-refractivity contribution in [3.8, 4) is 0 Å². The topological polar surface area (TPSA) is 33.5 Å². The zero-order valence-corrected chi connectivity index (χ0v) is 16.6. The van der Waals surface area contributed by atoms with Gasteiger partial charge in [0.2, 0.25) is 0 Å². The molecule has 0 spiro atoms. The summed E-state index contributed by atoms with van der Waals surface area (Å²) in [6, 6.07) is 33.6. The summed E-state index contributed by atoms with van der Waals surface area (Å²) >= 11 is 0. The summed E-state index contributed by atoms with van der Waals surface area (Å²) in [5, 5.41) is 0. The molecule has 0 radical (unpaired) electrons. The van der Waals surface area contributed by atoms with Crippen LogP contribution >= 0.6 is 0 Å². The molecular weight excluding hydrogens is 370 g/mol. The van der Waals surface area contributed by atoms with Gasteiger partial charge < -0.3 is 9.32 Å². The Kier molecular flexibility index (Phi) is 6.21. The van der Waals surface area contributed by atoms with E-state index in [2.05, 4.69) is 0 Å². The van der Waals surface area contributed by atoms with Gasteiger partial charge in [-0.15, -0.1) is 0 Å². The van der Waals surface area contributed by atoms with Crippen LogP contribution in [0.15, 0.2) is 114 Å². The van der Waals surface area contributed by atoms with Crippen molar-refractivity contribution in [2.75, 3.05) is 0 Å². The molecule has 1 amide bonds. The molecule has 0 saturated heterocycles. The largest absolute Gasteiger partial charge is 0.465 e. The minimum Gasteiger partial charge on any atom is -0.465 e. The van der Waals surface area contributed by atoms with Crippen LogP contribution in [-0.2, 0) is 17.9 Å². The zero-order valence-electron chi connectivity index (χ0n) is 16.6. The molecule has 3 nitrogen and oxygen atoms in total. The fourth-order valence-corrected chi connectivity index (χ4v) is 3.38. The first kappa shape index (κ1) is 19.5. The number of amides is 1. The maximum atomic E-state index is 13.8. The summed E-state index contributed by atoms with van der Waals surface area (Å²) in [7, 11) is 0. The van der Waals surface area contributed by atoms with E-state index in [9.17, 15) is 4.79 Å². The van der Waals surface area contributed by atoms with Crippen LogP contribution in [-0.4, -0.2) is 10.8 Å². The number of hydrogen-bond acceptors (Lipinski definition) is 2. The smallest absolute Gasteiger partial charge is 0.255 e. The van der Waals surface area contributed by atoms with Crippen molar-refractivity contribution in [1.82, 2.24) is 4.90 Å². The number of rotatable bonds is 7. The molecule has 0 fully saturated rings. The molecule has 0 aliphatic heterocycles. The molecule has 0 atom stereocenters. The van der Waals surface area contributed by atoms with Crippen LogP contribution < -0.4 is 0 Å². The number of carbonyl (C=O) groups excluding carboxylic acids is 1. The first-order valence-corrected chi connectivity index (χ1v) is 9.97. The predicted octanol–water partition coefficient (Wildman–Crippen LogP) is 6.05. The van der Waals surface area contributed by atoms with E-state index < -0.39 is 0 Å². The Morgan fingerprint density at radius 2 is 1.23 bits per heavy atom. The van der Waals surface area contributed by atoms with Gasteiger partial charge in [-0.25, -0.2) is 0 Å². The highest BCUT2D eigenvalue weighted by molar-refractivity contribution is 6.23. The summed E-state index contributed by atoms with van der Waals surface area (Å²) in [5.74, 6) is 0.617. The average molecular weight is 393 g/mol. The molecule has 4 aromatic rings. The van der Waals surface area contributed by atoms with Crippen LogP contribution in [0.3, 0.4) is 0 Å². The van der Waals surface area contributed by atoms with Gasteiger partial charge in [0.15, 0.2) is 0 Å². The van der Waals surface area contributed by atoms with Crippen LogP contribution in [0.25, 0.3) is 11.6 Å². The van der Waals surface area contributed by atoms with Crippen LogP contribution in [0.1, 0.15) is 22.5 Å². The van der Waals surface area contributed by atoms with Crippen LogP contribution in [0.2, 0.25) is 0 Å². The standard InChI is InChI=1S/C27H23NO2/c29-27(26(19-25-17-10-18-30-25)24-15-8-3-9-16-24)28(20-22-11-4-1-5-12-22)21-23-13-6-2-7-14-23/h1-19H,20-21H2. The Balaban J connectivity index is 1.71. The lowest BCUT2D eigenvalue weighted by Crippen LogP contribution is -2.30. The molecule has 148 valence electrons. The molecule has 0 aliphatic carbocycles. The van der Waals surface area contributed by atoms with Gasteiger partial charge in [0.05, 0.1) is 11.8 Å². The average Bonchev–Trinajstić information content (AvgIpc) is 3.32. The summed E-state index contributed by atoms with van der Waals surface area (Å²) in [6.07, 6.45) is 3.44. The minimum atomic E-state index is -0.0368. The van der Waals surface area contributed by atoms with Crippen molar-refractivity contribution in [3.05, 3.63) is 132 Å². The van der Waals surface area contributed by atoms with Gasteiger partial charge in [-0.2, -0.15) is 0 Å². The lowest BCUT2D eigenvalue weighted by atomic mass is 10.0. The monoisotopic (exact) mass is 393 g/mol. The minimum absolute atomic E-state index is 0.0368. The van der Waals surface area contributed by atoms with E-state index in [1.54, 1.807) is 6.26 Å². The Hall–Kier alpha value is -3.85. The lowest BCUT2D eigenvalue weighted by Gasteiger charge is -2.24. The van der Waals surface area contributed by atoms with E-state index in [0.717, 1.165) is 16.7 Å². The molecule has 30 heavy (non-hydrogen) atoms. The molecule has 3 aromatic carbocycles. The molecule has 0 unspecified atom stereocenters. The number of hydrogen-bond donors (Lipinski definition) is 0. The maximum absolute atomic E-state index is 13.8. The summed E-state index contributed by atoms with van der Waals surface area (Å²) in [6.45, 7) is 1.05. The van der Waals surface area contributed by atoms with E-state index in [4.69, 9.17) is 4.42 Å². The molecule has 0 N–H and O–H groups in total. The van der Waals surface area contributed by atoms with E-state index in [-0.39, 0.29) is 5.91 Å². The molecule has 0 saturated carbocycles. The van der Waals surface area contributed by atoms with Gasteiger partial charge in [-0.3, -0.25) is 4.79 Å². The Morgan fingerprint density at radius 1 is 0.700 bits per heavy atom. The summed E-state index contributed by atoms with van der Waals surface area (Å²) in [5.41, 5.74) is 3.65. The second-order valence-electron chi connectivity index (χ2n) is 7.07. The summed E-state index contributed by atoms with van der Waals surface area (Å²) in [4.78, 5) is 15.7. The maximum Gasteiger partial charge on any atom is 0.255 e. The fourth-order valence-electron chi connectivity index (χ4n) is 3.38. The predicted molar refractivity (Wildman–Crippen MR) is 120 cm³/mol. The van der Waals surface area contributed by atoms with Crippen LogP contribution in [0, 0.1) is 0 Å². The number of nitrogens with zero attached hydrogens (tertiary/aromatic N) is 1. The van der Waals surface area contributed by atoms with Gasteiger partial charge in [0, 0.05) is 13.1 Å². The lowest BCUT2D eigenvalue weighted by molar-refractivity contribution is -0.126. The van der Waals surface area contributed by atoms with Crippen molar-refractivity contribution in [2.45, 2.75) is 13.1 Å². The highest BCUT2D eigenvalue weighted by atomic mass is 16.3. The summed E-state index contributed by atoms with van der Waals surface area (Å²) < 4.78 is 5.50. The molecule has 4 rings (SSSR count). The van der Waals surface area contributed by atoms with Gasteiger partial charge in [0.1, 0.15) is 5.76 Å². The van der Waals surface area contributed by atoms with Crippen molar-refractivity contribution < 1.29 is 9.21 Å². The van der Waals surface area contributed by atoms with E-state index in [0.29, 0.717) is 24.4 Å². The highest BCUT2D eigenvalue weighted by Gasteiger charge is 2.21.